The molecule has 1 atom stereocenters. The average Bonchev–Trinajstić information content (AvgIpc) is 2.69. The maximum absolute atomic E-state index is 12.2. The molecule has 7 nitrogen and oxygen atoms in total. The van der Waals surface area contributed by atoms with Gasteiger partial charge < -0.3 is 14.4 Å². The monoisotopic (exact) mass is 304 g/mol. The number of hydrogen-bond acceptors (Lipinski definition) is 5. The first kappa shape index (κ1) is 16.7. The standard InChI is InChI=1S/C12H20N2O5S/c1-8(5-6-14(3)4)13-20(17,18)11-7-10(12(15)16)19-9(11)2/h7-8,13H,5-6H2,1-4H3,(H,15,16). The Bertz CT molecular complexity index is 577. The second-order valence-electron chi connectivity index (χ2n) is 4.95. The second-order valence-corrected chi connectivity index (χ2v) is 6.63. The van der Waals surface area contributed by atoms with Crippen LogP contribution in [0.25, 0.3) is 0 Å². The highest BCUT2D eigenvalue weighted by molar-refractivity contribution is 7.89. The van der Waals surface area contributed by atoms with E-state index in [1.165, 1.54) is 6.92 Å². The van der Waals surface area contributed by atoms with Gasteiger partial charge in [0.1, 0.15) is 10.7 Å². The van der Waals surface area contributed by atoms with Crippen molar-refractivity contribution in [1.82, 2.24) is 9.62 Å². The van der Waals surface area contributed by atoms with Crippen molar-refractivity contribution < 1.29 is 22.7 Å². The summed E-state index contributed by atoms with van der Waals surface area (Å²) in [6.07, 6.45) is 0.648. The lowest BCUT2D eigenvalue weighted by molar-refractivity contribution is 0.0661. The molecule has 1 aromatic heterocycles. The summed E-state index contributed by atoms with van der Waals surface area (Å²) in [5.74, 6) is -1.62. The van der Waals surface area contributed by atoms with E-state index in [0.717, 1.165) is 12.6 Å². The van der Waals surface area contributed by atoms with E-state index in [2.05, 4.69) is 4.72 Å². The fourth-order valence-corrected chi connectivity index (χ4v) is 3.13. The average molecular weight is 304 g/mol. The Labute approximate surface area is 118 Å². The largest absolute Gasteiger partial charge is 0.475 e. The first-order valence-electron chi connectivity index (χ1n) is 6.14. The summed E-state index contributed by atoms with van der Waals surface area (Å²) in [5.41, 5.74) is 0. The minimum absolute atomic E-state index is 0.0645. The van der Waals surface area contributed by atoms with Gasteiger partial charge in [0.25, 0.3) is 0 Å². The Morgan fingerprint density at radius 3 is 2.55 bits per heavy atom. The molecule has 0 aliphatic rings. The van der Waals surface area contributed by atoms with Gasteiger partial charge in [-0.05, 0) is 40.9 Å². The van der Waals surface area contributed by atoms with Gasteiger partial charge in [-0.3, -0.25) is 0 Å². The zero-order valence-electron chi connectivity index (χ0n) is 12.0. The fraction of sp³-hybridized carbons (Fsp3) is 0.583. The number of carboxylic acid groups (broad SMARTS) is 1. The van der Waals surface area contributed by atoms with Gasteiger partial charge in [0.05, 0.1) is 0 Å². The van der Waals surface area contributed by atoms with Gasteiger partial charge >= 0.3 is 5.97 Å². The van der Waals surface area contributed by atoms with Crippen LogP contribution >= 0.6 is 0 Å². The predicted octanol–water partition coefficient (Wildman–Crippen LogP) is 0.905. The topological polar surface area (TPSA) is 99.8 Å². The Morgan fingerprint density at radius 1 is 1.50 bits per heavy atom. The number of rotatable bonds is 7. The molecule has 1 heterocycles. The predicted molar refractivity (Wildman–Crippen MR) is 73.4 cm³/mol. The smallest absolute Gasteiger partial charge is 0.371 e. The molecule has 1 aromatic rings. The number of furan rings is 1. The summed E-state index contributed by atoms with van der Waals surface area (Å²) >= 11 is 0. The first-order valence-corrected chi connectivity index (χ1v) is 7.62. The zero-order chi connectivity index (χ0) is 15.5. The number of nitrogens with zero attached hydrogens (tertiary/aromatic N) is 1. The molecule has 1 rings (SSSR count). The Hall–Kier alpha value is -1.38. The molecule has 0 aromatic carbocycles. The van der Waals surface area contributed by atoms with Crippen LogP contribution in [0.4, 0.5) is 0 Å². The van der Waals surface area contributed by atoms with Crippen LogP contribution in [-0.4, -0.2) is 51.1 Å². The lowest BCUT2D eigenvalue weighted by atomic mass is 10.2. The molecular formula is C12H20N2O5S. The number of sulfonamides is 1. The Morgan fingerprint density at radius 2 is 2.10 bits per heavy atom. The molecule has 0 aliphatic carbocycles. The van der Waals surface area contributed by atoms with Crippen molar-refractivity contribution in [2.24, 2.45) is 0 Å². The van der Waals surface area contributed by atoms with Gasteiger partial charge in [-0.15, -0.1) is 0 Å². The molecule has 0 saturated heterocycles. The van der Waals surface area contributed by atoms with Gasteiger partial charge in [-0.1, -0.05) is 0 Å². The molecule has 0 fully saturated rings. The molecule has 1 unspecified atom stereocenters. The summed E-state index contributed by atoms with van der Waals surface area (Å²) in [7, 11) is 0.0303. The molecule has 8 heteroatoms. The molecule has 0 aliphatic heterocycles. The molecule has 20 heavy (non-hydrogen) atoms. The van der Waals surface area contributed by atoms with E-state index in [-0.39, 0.29) is 22.5 Å². The normalized spacial score (nSPS) is 13.7. The number of aryl methyl sites for hydroxylation is 1. The molecule has 0 bridgehead atoms. The number of carboxylic acids is 1. The SMILES string of the molecule is Cc1oc(C(=O)O)cc1S(=O)(=O)NC(C)CCN(C)C. The van der Waals surface area contributed by atoms with Crippen molar-refractivity contribution in [2.75, 3.05) is 20.6 Å². The molecular weight excluding hydrogens is 284 g/mol. The van der Waals surface area contributed by atoms with Crippen molar-refractivity contribution in [3.63, 3.8) is 0 Å². The minimum atomic E-state index is -3.78. The highest BCUT2D eigenvalue weighted by Crippen LogP contribution is 2.20. The second kappa shape index (κ2) is 6.38. The number of hydrogen-bond donors (Lipinski definition) is 2. The highest BCUT2D eigenvalue weighted by atomic mass is 32.2. The van der Waals surface area contributed by atoms with Gasteiger partial charge in [-0.2, -0.15) is 0 Å². The summed E-state index contributed by atoms with van der Waals surface area (Å²) in [6, 6.07) is 0.767. The Kier molecular flexibility index (Phi) is 5.32. The van der Waals surface area contributed by atoms with Crippen LogP contribution in [0.15, 0.2) is 15.4 Å². The van der Waals surface area contributed by atoms with E-state index in [1.807, 2.05) is 19.0 Å². The van der Waals surface area contributed by atoms with Crippen LogP contribution in [0.3, 0.4) is 0 Å². The number of carbonyl (C=O) groups is 1. The lowest BCUT2D eigenvalue weighted by Crippen LogP contribution is -2.34. The van der Waals surface area contributed by atoms with E-state index in [4.69, 9.17) is 9.52 Å². The molecule has 0 radical (unpaired) electrons. The maximum atomic E-state index is 12.2. The third kappa shape index (κ3) is 4.32. The van der Waals surface area contributed by atoms with Crippen molar-refractivity contribution >= 4 is 16.0 Å². The third-order valence-electron chi connectivity index (χ3n) is 2.74. The quantitative estimate of drug-likeness (QED) is 0.776. The number of nitrogens with one attached hydrogen (secondary N) is 1. The fourth-order valence-electron chi connectivity index (χ4n) is 1.68. The summed E-state index contributed by atoms with van der Waals surface area (Å²) in [5, 5.41) is 8.80. The third-order valence-corrected chi connectivity index (χ3v) is 4.44. The van der Waals surface area contributed by atoms with Crippen LogP contribution in [0.1, 0.15) is 29.7 Å². The van der Waals surface area contributed by atoms with E-state index in [0.29, 0.717) is 6.42 Å². The van der Waals surface area contributed by atoms with Crippen molar-refractivity contribution in [1.29, 1.82) is 0 Å². The molecule has 2 N–H and O–H groups in total. The van der Waals surface area contributed by atoms with Crippen molar-refractivity contribution in [2.45, 2.75) is 31.2 Å². The van der Waals surface area contributed by atoms with Crippen LogP contribution < -0.4 is 4.72 Å². The van der Waals surface area contributed by atoms with Crippen molar-refractivity contribution in [3.05, 3.63) is 17.6 Å². The van der Waals surface area contributed by atoms with Gasteiger partial charge in [0.15, 0.2) is 0 Å². The Balaban J connectivity index is 2.86. The first-order chi connectivity index (χ1) is 9.13. The van der Waals surface area contributed by atoms with Crippen molar-refractivity contribution in [3.8, 4) is 0 Å². The number of aromatic carboxylic acids is 1. The van der Waals surface area contributed by atoms with E-state index < -0.39 is 16.0 Å². The van der Waals surface area contributed by atoms with E-state index in [1.54, 1.807) is 6.92 Å². The molecule has 0 saturated carbocycles. The van der Waals surface area contributed by atoms with Crippen LogP contribution in [0.5, 0.6) is 0 Å². The van der Waals surface area contributed by atoms with Crippen LogP contribution in [0, 0.1) is 6.92 Å². The van der Waals surface area contributed by atoms with E-state index in [9.17, 15) is 13.2 Å². The maximum Gasteiger partial charge on any atom is 0.371 e. The van der Waals surface area contributed by atoms with Crippen LogP contribution in [0.2, 0.25) is 0 Å². The summed E-state index contributed by atoms with van der Waals surface area (Å²) in [6.45, 7) is 3.93. The van der Waals surface area contributed by atoms with Gasteiger partial charge in [0, 0.05) is 12.1 Å². The molecule has 0 amide bonds. The van der Waals surface area contributed by atoms with Gasteiger partial charge in [-0.25, -0.2) is 17.9 Å². The lowest BCUT2D eigenvalue weighted by Gasteiger charge is -2.16. The highest BCUT2D eigenvalue weighted by Gasteiger charge is 2.25. The van der Waals surface area contributed by atoms with E-state index >= 15 is 0 Å². The molecule has 114 valence electrons. The van der Waals surface area contributed by atoms with Gasteiger partial charge in [0.2, 0.25) is 15.8 Å². The minimum Gasteiger partial charge on any atom is -0.475 e. The summed E-state index contributed by atoms with van der Waals surface area (Å²) < 4.78 is 31.8. The van der Waals surface area contributed by atoms with Crippen LogP contribution in [-0.2, 0) is 10.0 Å². The zero-order valence-corrected chi connectivity index (χ0v) is 12.8. The summed E-state index contributed by atoms with van der Waals surface area (Å²) in [4.78, 5) is 12.6. The molecule has 0 spiro atoms.